The van der Waals surface area contributed by atoms with Gasteiger partial charge in [0.15, 0.2) is 0 Å². The Morgan fingerprint density at radius 1 is 1.19 bits per heavy atom. The Morgan fingerprint density at radius 3 is 2.78 bits per heavy atom. The average molecular weight is 384 g/mol. The van der Waals surface area contributed by atoms with Gasteiger partial charge < -0.3 is 10.6 Å². The van der Waals surface area contributed by atoms with Crippen molar-refractivity contribution >= 4 is 23.6 Å². The summed E-state index contributed by atoms with van der Waals surface area (Å²) in [5.41, 5.74) is 2.96. The van der Waals surface area contributed by atoms with Crippen molar-refractivity contribution in [2.75, 3.05) is 5.75 Å². The maximum Gasteiger partial charge on any atom is 0.243 e. The quantitative estimate of drug-likeness (QED) is 0.852. The number of nitrogens with one attached hydrogen (secondary N) is 2. The maximum absolute atomic E-state index is 13.8. The van der Waals surface area contributed by atoms with E-state index in [9.17, 15) is 14.0 Å². The highest BCUT2D eigenvalue weighted by molar-refractivity contribution is 8.00. The summed E-state index contributed by atoms with van der Waals surface area (Å²) in [5, 5.41) is 5.50. The lowest BCUT2D eigenvalue weighted by Crippen LogP contribution is -2.54. The Hall–Kier alpha value is -2.34. The molecule has 3 unspecified atom stereocenters. The summed E-state index contributed by atoms with van der Waals surface area (Å²) in [7, 11) is 0. The van der Waals surface area contributed by atoms with E-state index in [4.69, 9.17) is 0 Å². The second-order valence-electron chi connectivity index (χ2n) is 6.98. The van der Waals surface area contributed by atoms with E-state index in [0.717, 1.165) is 18.4 Å². The summed E-state index contributed by atoms with van der Waals surface area (Å²) in [6.07, 6.45) is 2.17. The molecule has 1 aliphatic heterocycles. The van der Waals surface area contributed by atoms with Crippen LogP contribution in [0.1, 0.15) is 29.2 Å². The van der Waals surface area contributed by atoms with E-state index in [1.54, 1.807) is 18.2 Å². The van der Waals surface area contributed by atoms with Crippen LogP contribution < -0.4 is 10.6 Å². The van der Waals surface area contributed by atoms with E-state index >= 15 is 0 Å². The summed E-state index contributed by atoms with van der Waals surface area (Å²) in [5.74, 6) is -0.167. The molecule has 0 radical (unpaired) electrons. The first-order chi connectivity index (χ1) is 13.1. The molecule has 1 saturated heterocycles. The Morgan fingerprint density at radius 2 is 1.96 bits per heavy atom. The van der Waals surface area contributed by atoms with E-state index in [1.807, 2.05) is 18.2 Å². The Bertz CT molecular complexity index is 873. The third-order valence-corrected chi connectivity index (χ3v) is 6.51. The Balaban J connectivity index is 1.35. The highest BCUT2D eigenvalue weighted by Gasteiger charge is 2.34. The van der Waals surface area contributed by atoms with Crippen LogP contribution in [0, 0.1) is 5.82 Å². The first kappa shape index (κ1) is 18.0. The summed E-state index contributed by atoms with van der Waals surface area (Å²) in [4.78, 5) is 25.1. The summed E-state index contributed by atoms with van der Waals surface area (Å²) < 4.78 is 13.8. The van der Waals surface area contributed by atoms with Gasteiger partial charge >= 0.3 is 0 Å². The molecular formula is C21H21FN2O2S. The van der Waals surface area contributed by atoms with Crippen LogP contribution in [-0.2, 0) is 22.4 Å². The molecule has 4 rings (SSSR count). The second-order valence-corrected chi connectivity index (χ2v) is 8.21. The van der Waals surface area contributed by atoms with Crippen LogP contribution >= 0.6 is 11.8 Å². The molecule has 2 aliphatic rings. The fourth-order valence-electron chi connectivity index (χ4n) is 3.73. The molecule has 2 aromatic rings. The van der Waals surface area contributed by atoms with Gasteiger partial charge in [-0.2, -0.15) is 0 Å². The number of benzene rings is 2. The third-order valence-electron chi connectivity index (χ3n) is 5.20. The van der Waals surface area contributed by atoms with Crippen molar-refractivity contribution in [3.05, 3.63) is 71.0 Å². The molecule has 1 heterocycles. The first-order valence-electron chi connectivity index (χ1n) is 9.15. The second kappa shape index (κ2) is 7.72. The van der Waals surface area contributed by atoms with Gasteiger partial charge in [0.25, 0.3) is 0 Å². The van der Waals surface area contributed by atoms with Crippen LogP contribution in [0.25, 0.3) is 0 Å². The number of carbonyl (C=O) groups excluding carboxylic acids is 2. The van der Waals surface area contributed by atoms with Crippen LogP contribution in [0.2, 0.25) is 0 Å². The van der Waals surface area contributed by atoms with Crippen molar-refractivity contribution in [1.29, 1.82) is 0 Å². The number of halogens is 1. The van der Waals surface area contributed by atoms with E-state index in [-0.39, 0.29) is 28.9 Å². The molecule has 1 fully saturated rings. The predicted octanol–water partition coefficient (Wildman–Crippen LogP) is 2.77. The zero-order valence-electron chi connectivity index (χ0n) is 14.8. The third kappa shape index (κ3) is 3.86. The number of thioether (sulfide) groups is 1. The molecule has 3 atom stereocenters. The molecule has 0 saturated carbocycles. The molecule has 140 valence electrons. The minimum atomic E-state index is -0.549. The number of rotatable bonds is 4. The number of hydrogen-bond donors (Lipinski definition) is 2. The molecule has 0 bridgehead atoms. The van der Waals surface area contributed by atoms with Crippen LogP contribution in [0.3, 0.4) is 0 Å². The number of aryl methyl sites for hydroxylation is 1. The van der Waals surface area contributed by atoms with Crippen LogP contribution in [-0.4, -0.2) is 28.9 Å². The number of amides is 2. The monoisotopic (exact) mass is 384 g/mol. The first-order valence-corrected chi connectivity index (χ1v) is 10.2. The molecule has 2 N–H and O–H groups in total. The lowest BCUT2D eigenvalue weighted by Gasteiger charge is -2.29. The molecule has 4 nitrogen and oxygen atoms in total. The van der Waals surface area contributed by atoms with E-state index in [1.165, 1.54) is 23.4 Å². The molecule has 2 aromatic carbocycles. The van der Waals surface area contributed by atoms with Crippen molar-refractivity contribution in [3.63, 3.8) is 0 Å². The molecule has 1 aliphatic carbocycles. The van der Waals surface area contributed by atoms with Crippen molar-refractivity contribution in [2.45, 2.75) is 36.6 Å². The minimum Gasteiger partial charge on any atom is -0.347 e. The lowest BCUT2D eigenvalue weighted by molar-refractivity contribution is -0.129. The predicted molar refractivity (Wildman–Crippen MR) is 104 cm³/mol. The lowest BCUT2D eigenvalue weighted by atomic mass is 10.1. The highest BCUT2D eigenvalue weighted by atomic mass is 32.2. The van der Waals surface area contributed by atoms with Gasteiger partial charge in [-0.25, -0.2) is 4.39 Å². The molecule has 0 spiro atoms. The topological polar surface area (TPSA) is 58.2 Å². The Labute approximate surface area is 161 Å². The molecule has 0 aromatic heterocycles. The van der Waals surface area contributed by atoms with E-state index in [0.29, 0.717) is 17.7 Å². The number of fused-ring (bicyclic) bond motifs is 1. The van der Waals surface area contributed by atoms with Gasteiger partial charge in [-0.3, -0.25) is 9.59 Å². The van der Waals surface area contributed by atoms with Gasteiger partial charge in [0.1, 0.15) is 11.9 Å². The van der Waals surface area contributed by atoms with Crippen LogP contribution in [0.5, 0.6) is 0 Å². The maximum atomic E-state index is 13.8. The Kier molecular flexibility index (Phi) is 5.16. The van der Waals surface area contributed by atoms with Crippen molar-refractivity contribution in [3.8, 4) is 0 Å². The summed E-state index contributed by atoms with van der Waals surface area (Å²) >= 11 is 1.42. The largest absolute Gasteiger partial charge is 0.347 e. The highest BCUT2D eigenvalue weighted by Crippen LogP contribution is 2.31. The van der Waals surface area contributed by atoms with Crippen molar-refractivity contribution < 1.29 is 14.0 Å². The number of carbonyl (C=O) groups is 2. The smallest absolute Gasteiger partial charge is 0.243 e. The van der Waals surface area contributed by atoms with Gasteiger partial charge in [0, 0.05) is 5.75 Å². The van der Waals surface area contributed by atoms with Gasteiger partial charge in [0.05, 0.1) is 11.3 Å². The van der Waals surface area contributed by atoms with Gasteiger partial charge in [-0.05, 0) is 42.0 Å². The van der Waals surface area contributed by atoms with Crippen molar-refractivity contribution in [2.24, 2.45) is 0 Å². The summed E-state index contributed by atoms with van der Waals surface area (Å²) in [6, 6.07) is 14.1. The van der Waals surface area contributed by atoms with Crippen molar-refractivity contribution in [1.82, 2.24) is 10.6 Å². The summed E-state index contributed by atoms with van der Waals surface area (Å²) in [6.45, 7) is 0. The van der Waals surface area contributed by atoms with Gasteiger partial charge in [-0.15, -0.1) is 11.8 Å². The van der Waals surface area contributed by atoms with Crippen LogP contribution in [0.15, 0.2) is 48.5 Å². The number of hydrogen-bond acceptors (Lipinski definition) is 3. The van der Waals surface area contributed by atoms with Crippen LogP contribution in [0.4, 0.5) is 4.39 Å². The normalized spacial score (nSPS) is 24.2. The zero-order valence-corrected chi connectivity index (χ0v) is 15.6. The minimum absolute atomic E-state index is 0.00624. The zero-order chi connectivity index (χ0) is 18.8. The van der Waals surface area contributed by atoms with Gasteiger partial charge in [0.2, 0.25) is 11.8 Å². The SMILES string of the molecule is O=C(NC1CCc2ccccc21)C1CSC(Cc2ccccc2F)C(=O)N1. The molecule has 2 amide bonds. The molecular weight excluding hydrogens is 363 g/mol. The fourth-order valence-corrected chi connectivity index (χ4v) is 4.91. The van der Waals surface area contributed by atoms with Gasteiger partial charge in [-0.1, -0.05) is 42.5 Å². The standard InChI is InChI=1S/C21H21FN2O2S/c22-16-8-4-2-6-14(16)11-19-21(26)24-18(12-27-19)20(25)23-17-10-9-13-5-1-3-7-15(13)17/h1-8,17-19H,9-12H2,(H,23,25)(H,24,26). The van der Waals surface area contributed by atoms with E-state index in [2.05, 4.69) is 16.7 Å². The fraction of sp³-hybridized carbons (Fsp3) is 0.333. The van der Waals surface area contributed by atoms with E-state index < -0.39 is 6.04 Å². The molecule has 6 heteroatoms. The average Bonchev–Trinajstić information content (AvgIpc) is 3.08. The molecule has 27 heavy (non-hydrogen) atoms.